The number of rotatable bonds is 6. The summed E-state index contributed by atoms with van der Waals surface area (Å²) in [5, 5.41) is 16.8. The molecule has 1 aromatic rings. The second kappa shape index (κ2) is 5.16. The van der Waals surface area contributed by atoms with Gasteiger partial charge in [-0.3, -0.25) is 4.68 Å². The highest BCUT2D eigenvalue weighted by Gasteiger charge is 2.24. The average Bonchev–Trinajstić information content (AvgIpc) is 2.67. The number of aliphatic hydroxyl groups excluding tert-OH is 1. The average molecular weight is 211 g/mol. The zero-order chi connectivity index (χ0) is 11.3. The van der Waals surface area contributed by atoms with Crippen molar-refractivity contribution < 1.29 is 5.11 Å². The SMILES string of the molecule is CCC(CC)(CO)CNc1cnn(C)c1. The van der Waals surface area contributed by atoms with Crippen LogP contribution in [-0.2, 0) is 7.05 Å². The van der Waals surface area contributed by atoms with E-state index in [1.54, 1.807) is 10.9 Å². The number of aliphatic hydroxyl groups is 1. The molecule has 0 amide bonds. The largest absolute Gasteiger partial charge is 0.396 e. The lowest BCUT2D eigenvalue weighted by Crippen LogP contribution is -2.32. The molecule has 0 bridgehead atoms. The van der Waals surface area contributed by atoms with Crippen LogP contribution in [0.4, 0.5) is 5.69 Å². The van der Waals surface area contributed by atoms with Crippen molar-refractivity contribution in [1.29, 1.82) is 0 Å². The van der Waals surface area contributed by atoms with E-state index >= 15 is 0 Å². The van der Waals surface area contributed by atoms with Crippen molar-refractivity contribution in [2.45, 2.75) is 26.7 Å². The van der Waals surface area contributed by atoms with Crippen LogP contribution in [-0.4, -0.2) is 28.0 Å². The monoisotopic (exact) mass is 211 g/mol. The summed E-state index contributed by atoms with van der Waals surface area (Å²) < 4.78 is 1.76. The highest BCUT2D eigenvalue weighted by atomic mass is 16.3. The molecule has 15 heavy (non-hydrogen) atoms. The number of nitrogens with zero attached hydrogens (tertiary/aromatic N) is 2. The Hall–Kier alpha value is -1.03. The van der Waals surface area contributed by atoms with Crippen LogP contribution in [0.2, 0.25) is 0 Å². The van der Waals surface area contributed by atoms with Gasteiger partial charge in [-0.05, 0) is 12.8 Å². The Labute approximate surface area is 91.3 Å². The van der Waals surface area contributed by atoms with Gasteiger partial charge in [0.15, 0.2) is 0 Å². The van der Waals surface area contributed by atoms with Gasteiger partial charge < -0.3 is 10.4 Å². The van der Waals surface area contributed by atoms with Crippen LogP contribution in [0, 0.1) is 5.41 Å². The van der Waals surface area contributed by atoms with E-state index in [-0.39, 0.29) is 12.0 Å². The van der Waals surface area contributed by atoms with E-state index in [9.17, 15) is 5.11 Å². The molecule has 0 aliphatic rings. The van der Waals surface area contributed by atoms with Gasteiger partial charge in [0.2, 0.25) is 0 Å². The second-order valence-corrected chi connectivity index (χ2v) is 4.12. The Morgan fingerprint density at radius 3 is 2.53 bits per heavy atom. The zero-order valence-corrected chi connectivity index (χ0v) is 9.82. The van der Waals surface area contributed by atoms with Crippen molar-refractivity contribution in [1.82, 2.24) is 9.78 Å². The van der Waals surface area contributed by atoms with E-state index in [2.05, 4.69) is 24.3 Å². The van der Waals surface area contributed by atoms with Gasteiger partial charge >= 0.3 is 0 Å². The predicted molar refractivity (Wildman–Crippen MR) is 61.8 cm³/mol. The van der Waals surface area contributed by atoms with E-state index in [4.69, 9.17) is 0 Å². The molecule has 0 saturated carbocycles. The molecule has 0 saturated heterocycles. The predicted octanol–water partition coefficient (Wildman–Crippen LogP) is 1.63. The standard InChI is InChI=1S/C11H21N3O/c1-4-11(5-2,9-15)8-12-10-6-13-14(3)7-10/h6-7,12,15H,4-5,8-9H2,1-3H3. The summed E-state index contributed by atoms with van der Waals surface area (Å²) in [5.74, 6) is 0. The van der Waals surface area contributed by atoms with E-state index in [1.165, 1.54) is 0 Å². The van der Waals surface area contributed by atoms with E-state index < -0.39 is 0 Å². The fraction of sp³-hybridized carbons (Fsp3) is 0.727. The van der Waals surface area contributed by atoms with Crippen molar-refractivity contribution >= 4 is 5.69 Å². The topological polar surface area (TPSA) is 50.1 Å². The number of hydrogen-bond donors (Lipinski definition) is 2. The summed E-state index contributed by atoms with van der Waals surface area (Å²) in [6.07, 6.45) is 5.70. The minimum absolute atomic E-state index is 0.00413. The Bertz CT molecular complexity index is 284. The van der Waals surface area contributed by atoms with Gasteiger partial charge in [-0.15, -0.1) is 0 Å². The lowest BCUT2D eigenvalue weighted by Gasteiger charge is -2.29. The molecule has 0 radical (unpaired) electrons. The number of hydrogen-bond acceptors (Lipinski definition) is 3. The minimum atomic E-state index is -0.00413. The quantitative estimate of drug-likeness (QED) is 0.752. The molecule has 0 fully saturated rings. The third-order valence-corrected chi connectivity index (χ3v) is 3.21. The summed E-state index contributed by atoms with van der Waals surface area (Å²) in [4.78, 5) is 0. The lowest BCUT2D eigenvalue weighted by atomic mass is 9.83. The zero-order valence-electron chi connectivity index (χ0n) is 9.82. The summed E-state index contributed by atoms with van der Waals surface area (Å²) in [5.41, 5.74) is 1.01. The Balaban J connectivity index is 2.54. The third kappa shape index (κ3) is 2.96. The number of anilines is 1. The third-order valence-electron chi connectivity index (χ3n) is 3.21. The van der Waals surface area contributed by atoms with Crippen molar-refractivity contribution in [2.24, 2.45) is 12.5 Å². The summed E-state index contributed by atoms with van der Waals surface area (Å²) in [6.45, 7) is 5.25. The van der Waals surface area contributed by atoms with Gasteiger partial charge in [-0.2, -0.15) is 5.10 Å². The molecule has 0 aliphatic carbocycles. The molecule has 86 valence electrons. The molecular weight excluding hydrogens is 190 g/mol. The first kappa shape index (κ1) is 12.0. The molecule has 2 N–H and O–H groups in total. The molecule has 0 atom stereocenters. The van der Waals surface area contributed by atoms with Gasteiger partial charge in [0.05, 0.1) is 18.5 Å². The minimum Gasteiger partial charge on any atom is -0.396 e. The molecule has 0 aliphatic heterocycles. The van der Waals surface area contributed by atoms with Gasteiger partial charge in [0.1, 0.15) is 0 Å². The van der Waals surface area contributed by atoms with Crippen LogP contribution >= 0.6 is 0 Å². The maximum atomic E-state index is 9.40. The van der Waals surface area contributed by atoms with Gasteiger partial charge in [-0.1, -0.05) is 13.8 Å². The fourth-order valence-corrected chi connectivity index (χ4v) is 1.58. The second-order valence-electron chi connectivity index (χ2n) is 4.12. The van der Waals surface area contributed by atoms with Crippen LogP contribution in [0.5, 0.6) is 0 Å². The highest BCUT2D eigenvalue weighted by molar-refractivity contribution is 5.38. The maximum Gasteiger partial charge on any atom is 0.0726 e. The fourth-order valence-electron chi connectivity index (χ4n) is 1.58. The molecule has 4 heteroatoms. The Morgan fingerprint density at radius 2 is 2.13 bits per heavy atom. The van der Waals surface area contributed by atoms with Crippen LogP contribution in [0.15, 0.2) is 12.4 Å². The van der Waals surface area contributed by atoms with Crippen LogP contribution in [0.1, 0.15) is 26.7 Å². The molecule has 1 aromatic heterocycles. The van der Waals surface area contributed by atoms with Crippen molar-refractivity contribution in [3.05, 3.63) is 12.4 Å². The van der Waals surface area contributed by atoms with Crippen molar-refractivity contribution in [3.8, 4) is 0 Å². The first-order valence-corrected chi connectivity index (χ1v) is 5.49. The first-order valence-electron chi connectivity index (χ1n) is 5.49. The first-order chi connectivity index (χ1) is 7.15. The lowest BCUT2D eigenvalue weighted by molar-refractivity contribution is 0.127. The van der Waals surface area contributed by atoms with Crippen LogP contribution < -0.4 is 5.32 Å². The number of nitrogens with one attached hydrogen (secondary N) is 1. The highest BCUT2D eigenvalue weighted by Crippen LogP contribution is 2.25. The molecular formula is C11H21N3O. The number of aryl methyl sites for hydroxylation is 1. The van der Waals surface area contributed by atoms with E-state index in [1.807, 2.05) is 13.2 Å². The van der Waals surface area contributed by atoms with E-state index in [0.29, 0.717) is 0 Å². The smallest absolute Gasteiger partial charge is 0.0726 e. The number of aromatic nitrogens is 2. The molecule has 1 rings (SSSR count). The Kier molecular flexibility index (Phi) is 4.15. The van der Waals surface area contributed by atoms with Crippen molar-refractivity contribution in [3.63, 3.8) is 0 Å². The molecule has 0 spiro atoms. The van der Waals surface area contributed by atoms with Gasteiger partial charge in [0.25, 0.3) is 0 Å². The summed E-state index contributed by atoms with van der Waals surface area (Å²) in [6, 6.07) is 0. The van der Waals surface area contributed by atoms with Crippen LogP contribution in [0.25, 0.3) is 0 Å². The Morgan fingerprint density at radius 1 is 1.47 bits per heavy atom. The summed E-state index contributed by atoms with van der Waals surface area (Å²) in [7, 11) is 1.89. The van der Waals surface area contributed by atoms with Crippen LogP contribution in [0.3, 0.4) is 0 Å². The van der Waals surface area contributed by atoms with Gasteiger partial charge in [-0.25, -0.2) is 0 Å². The van der Waals surface area contributed by atoms with Crippen molar-refractivity contribution in [2.75, 3.05) is 18.5 Å². The van der Waals surface area contributed by atoms with Gasteiger partial charge in [0, 0.05) is 25.2 Å². The maximum absolute atomic E-state index is 9.40. The molecule has 1 heterocycles. The molecule has 0 aromatic carbocycles. The van der Waals surface area contributed by atoms with E-state index in [0.717, 1.165) is 25.1 Å². The molecule has 4 nitrogen and oxygen atoms in total. The molecule has 0 unspecified atom stereocenters. The normalized spacial score (nSPS) is 11.7. The summed E-state index contributed by atoms with van der Waals surface area (Å²) >= 11 is 0.